The molecule has 0 radical (unpaired) electrons. The monoisotopic (exact) mass is 394 g/mol. The van der Waals surface area contributed by atoms with Gasteiger partial charge in [-0.05, 0) is 36.8 Å². The van der Waals surface area contributed by atoms with Gasteiger partial charge in [-0.2, -0.15) is 0 Å². The van der Waals surface area contributed by atoms with Gasteiger partial charge in [0.1, 0.15) is 0 Å². The van der Waals surface area contributed by atoms with Crippen LogP contribution in [0, 0.1) is 13.8 Å². The van der Waals surface area contributed by atoms with Gasteiger partial charge in [0.2, 0.25) is 0 Å². The largest absolute Gasteiger partial charge is 0.263 e. The van der Waals surface area contributed by atoms with E-state index in [1.165, 1.54) is 16.9 Å². The molecule has 4 aromatic rings. The third kappa shape index (κ3) is 3.59. The standard InChI is InChI=1S/C21H18N2O2S2/c1-14-7-9-17(10-8-14)20-15(2)26-21(22-20)23-27(24,25)19-12-11-16-5-3-4-6-18(16)13-19/h3-13H,1-2H3,(H,22,23). The second kappa shape index (κ2) is 6.79. The van der Waals surface area contributed by atoms with E-state index in [9.17, 15) is 8.42 Å². The quantitative estimate of drug-likeness (QED) is 0.505. The fraction of sp³-hybridized carbons (Fsp3) is 0.0952. The zero-order valence-corrected chi connectivity index (χ0v) is 16.6. The summed E-state index contributed by atoms with van der Waals surface area (Å²) in [7, 11) is -3.70. The van der Waals surface area contributed by atoms with Crippen molar-refractivity contribution < 1.29 is 8.42 Å². The fourth-order valence-corrected chi connectivity index (χ4v) is 5.03. The van der Waals surface area contributed by atoms with Crippen molar-refractivity contribution in [3.8, 4) is 11.3 Å². The Morgan fingerprint density at radius 2 is 1.59 bits per heavy atom. The number of thiazole rings is 1. The molecular formula is C21H18N2O2S2. The third-order valence-electron chi connectivity index (χ3n) is 4.37. The van der Waals surface area contributed by atoms with Crippen LogP contribution in [0.2, 0.25) is 0 Å². The van der Waals surface area contributed by atoms with E-state index in [0.717, 1.165) is 26.9 Å². The number of hydrogen-bond donors (Lipinski definition) is 1. The van der Waals surface area contributed by atoms with Gasteiger partial charge in [-0.25, -0.2) is 13.4 Å². The van der Waals surface area contributed by atoms with Crippen LogP contribution >= 0.6 is 11.3 Å². The smallest absolute Gasteiger partial charge is 0.255 e. The lowest BCUT2D eigenvalue weighted by Crippen LogP contribution is -2.12. The van der Waals surface area contributed by atoms with Gasteiger partial charge in [-0.3, -0.25) is 4.72 Å². The van der Waals surface area contributed by atoms with Crippen LogP contribution in [-0.2, 0) is 10.0 Å². The number of nitrogens with zero attached hydrogens (tertiary/aromatic N) is 1. The summed E-state index contributed by atoms with van der Waals surface area (Å²) in [6.45, 7) is 3.97. The SMILES string of the molecule is Cc1ccc(-c2nc(NS(=O)(=O)c3ccc4ccccc4c3)sc2C)cc1. The van der Waals surface area contributed by atoms with Crippen LogP contribution in [0.25, 0.3) is 22.0 Å². The molecule has 1 heterocycles. The maximum Gasteiger partial charge on any atom is 0.263 e. The van der Waals surface area contributed by atoms with E-state index in [-0.39, 0.29) is 4.90 Å². The second-order valence-corrected chi connectivity index (χ2v) is 9.29. The van der Waals surface area contributed by atoms with Crippen molar-refractivity contribution in [2.75, 3.05) is 4.72 Å². The van der Waals surface area contributed by atoms with Gasteiger partial charge >= 0.3 is 0 Å². The van der Waals surface area contributed by atoms with Crippen molar-refractivity contribution in [2.45, 2.75) is 18.7 Å². The maximum atomic E-state index is 12.8. The molecule has 136 valence electrons. The topological polar surface area (TPSA) is 59.1 Å². The predicted octanol–water partition coefficient (Wildman–Crippen LogP) is 5.38. The van der Waals surface area contributed by atoms with Crippen LogP contribution in [0.1, 0.15) is 10.4 Å². The van der Waals surface area contributed by atoms with E-state index in [2.05, 4.69) is 9.71 Å². The number of aromatic nitrogens is 1. The lowest BCUT2D eigenvalue weighted by molar-refractivity contribution is 0.601. The zero-order chi connectivity index (χ0) is 19.0. The number of benzene rings is 3. The summed E-state index contributed by atoms with van der Waals surface area (Å²) in [6.07, 6.45) is 0. The molecule has 0 unspecified atom stereocenters. The molecule has 0 aliphatic heterocycles. The van der Waals surface area contributed by atoms with E-state index in [4.69, 9.17) is 0 Å². The van der Waals surface area contributed by atoms with Crippen molar-refractivity contribution >= 4 is 37.3 Å². The minimum absolute atomic E-state index is 0.228. The minimum Gasteiger partial charge on any atom is -0.255 e. The molecule has 4 rings (SSSR count). The normalized spacial score (nSPS) is 11.6. The molecule has 0 aliphatic carbocycles. The number of rotatable bonds is 4. The molecule has 6 heteroatoms. The van der Waals surface area contributed by atoms with Gasteiger partial charge in [0, 0.05) is 10.4 Å². The predicted molar refractivity (Wildman–Crippen MR) is 112 cm³/mol. The van der Waals surface area contributed by atoms with Gasteiger partial charge < -0.3 is 0 Å². The van der Waals surface area contributed by atoms with Crippen LogP contribution in [0.4, 0.5) is 5.13 Å². The first-order chi connectivity index (χ1) is 12.9. The zero-order valence-electron chi connectivity index (χ0n) is 14.9. The Balaban J connectivity index is 1.66. The van der Waals surface area contributed by atoms with Gasteiger partial charge in [-0.15, -0.1) is 11.3 Å². The molecule has 0 saturated carbocycles. The Kier molecular flexibility index (Phi) is 4.45. The number of fused-ring (bicyclic) bond motifs is 1. The highest BCUT2D eigenvalue weighted by Crippen LogP contribution is 2.32. The summed E-state index contributed by atoms with van der Waals surface area (Å²) in [4.78, 5) is 5.71. The molecular weight excluding hydrogens is 376 g/mol. The molecule has 0 spiro atoms. The molecule has 3 aromatic carbocycles. The van der Waals surface area contributed by atoms with Crippen molar-refractivity contribution in [3.05, 3.63) is 77.2 Å². The first-order valence-electron chi connectivity index (χ1n) is 8.48. The first kappa shape index (κ1) is 17.7. The second-order valence-electron chi connectivity index (χ2n) is 6.40. The average molecular weight is 395 g/mol. The molecule has 4 nitrogen and oxygen atoms in total. The van der Waals surface area contributed by atoms with E-state index in [0.29, 0.717) is 5.13 Å². The molecule has 0 fully saturated rings. The van der Waals surface area contributed by atoms with Crippen LogP contribution < -0.4 is 4.72 Å². The first-order valence-corrected chi connectivity index (χ1v) is 10.8. The summed E-state index contributed by atoms with van der Waals surface area (Å²) in [5.41, 5.74) is 2.95. The minimum atomic E-state index is -3.70. The van der Waals surface area contributed by atoms with Crippen molar-refractivity contribution in [3.63, 3.8) is 0 Å². The molecule has 1 aromatic heterocycles. The molecule has 0 bridgehead atoms. The summed E-state index contributed by atoms with van der Waals surface area (Å²) in [5, 5.41) is 2.26. The maximum absolute atomic E-state index is 12.8. The lowest BCUT2D eigenvalue weighted by atomic mass is 10.1. The van der Waals surface area contributed by atoms with Gasteiger partial charge in [-0.1, -0.05) is 60.2 Å². The Labute approximate surface area is 162 Å². The van der Waals surface area contributed by atoms with E-state index in [1.807, 2.05) is 68.4 Å². The number of hydrogen-bond acceptors (Lipinski definition) is 4. The lowest BCUT2D eigenvalue weighted by Gasteiger charge is -2.06. The summed E-state index contributed by atoms with van der Waals surface area (Å²) < 4.78 is 28.2. The molecule has 0 amide bonds. The van der Waals surface area contributed by atoms with Crippen LogP contribution in [0.3, 0.4) is 0 Å². The van der Waals surface area contributed by atoms with Crippen molar-refractivity contribution in [1.82, 2.24) is 4.98 Å². The average Bonchev–Trinajstić information content (AvgIpc) is 3.01. The van der Waals surface area contributed by atoms with Crippen molar-refractivity contribution in [1.29, 1.82) is 0 Å². The summed E-state index contributed by atoms with van der Waals surface area (Å²) in [6, 6.07) is 20.8. The van der Waals surface area contributed by atoms with Crippen LogP contribution in [0.15, 0.2) is 71.6 Å². The summed E-state index contributed by atoms with van der Waals surface area (Å²) >= 11 is 1.34. The Hall–Kier alpha value is -2.70. The Morgan fingerprint density at radius 1 is 0.889 bits per heavy atom. The number of anilines is 1. The van der Waals surface area contributed by atoms with Crippen LogP contribution in [0.5, 0.6) is 0 Å². The highest BCUT2D eigenvalue weighted by Gasteiger charge is 2.18. The number of nitrogens with one attached hydrogen (secondary N) is 1. The molecule has 0 aliphatic rings. The fourth-order valence-electron chi connectivity index (χ4n) is 2.93. The highest BCUT2D eigenvalue weighted by atomic mass is 32.2. The third-order valence-corrected chi connectivity index (χ3v) is 6.73. The van der Waals surface area contributed by atoms with E-state index >= 15 is 0 Å². The van der Waals surface area contributed by atoms with Crippen molar-refractivity contribution in [2.24, 2.45) is 0 Å². The number of sulfonamides is 1. The molecule has 0 atom stereocenters. The highest BCUT2D eigenvalue weighted by molar-refractivity contribution is 7.93. The Morgan fingerprint density at radius 3 is 2.33 bits per heavy atom. The van der Waals surface area contributed by atoms with Gasteiger partial charge in [0.05, 0.1) is 10.6 Å². The van der Waals surface area contributed by atoms with Gasteiger partial charge in [0.25, 0.3) is 10.0 Å². The number of aryl methyl sites for hydroxylation is 2. The Bertz CT molecular complexity index is 1230. The van der Waals surface area contributed by atoms with E-state index in [1.54, 1.807) is 12.1 Å². The van der Waals surface area contributed by atoms with E-state index < -0.39 is 10.0 Å². The molecule has 1 N–H and O–H groups in total. The molecule has 0 saturated heterocycles. The molecule has 27 heavy (non-hydrogen) atoms. The summed E-state index contributed by atoms with van der Waals surface area (Å²) in [5.74, 6) is 0. The van der Waals surface area contributed by atoms with Gasteiger partial charge in [0.15, 0.2) is 5.13 Å². The van der Waals surface area contributed by atoms with Crippen LogP contribution in [-0.4, -0.2) is 13.4 Å².